The lowest BCUT2D eigenvalue weighted by molar-refractivity contribution is 0.171. The van der Waals surface area contributed by atoms with Crippen LogP contribution in [0, 0.1) is 0 Å². The van der Waals surface area contributed by atoms with Gasteiger partial charge < -0.3 is 14.8 Å². The highest BCUT2D eigenvalue weighted by molar-refractivity contribution is 7.09. The number of rotatable bonds is 5. The molecule has 1 aliphatic rings. The number of benzene rings is 1. The van der Waals surface area contributed by atoms with Gasteiger partial charge in [-0.2, -0.15) is 0 Å². The van der Waals surface area contributed by atoms with Crippen LogP contribution >= 0.6 is 11.3 Å². The van der Waals surface area contributed by atoms with Gasteiger partial charge in [0.2, 0.25) is 0 Å². The van der Waals surface area contributed by atoms with Gasteiger partial charge in [0.05, 0.1) is 10.7 Å². The Morgan fingerprint density at radius 3 is 2.95 bits per heavy atom. The predicted molar refractivity (Wildman–Crippen MR) is 80.8 cm³/mol. The van der Waals surface area contributed by atoms with E-state index >= 15 is 0 Å². The summed E-state index contributed by atoms with van der Waals surface area (Å²) in [6, 6.07) is 6.01. The van der Waals surface area contributed by atoms with E-state index in [1.54, 1.807) is 11.3 Å². The summed E-state index contributed by atoms with van der Waals surface area (Å²) in [5, 5.41) is 6.58. The van der Waals surface area contributed by atoms with E-state index in [0.717, 1.165) is 47.3 Å². The van der Waals surface area contributed by atoms with Crippen molar-refractivity contribution in [2.75, 3.05) is 26.3 Å². The second kappa shape index (κ2) is 6.24. The molecule has 0 bridgehead atoms. The molecule has 0 spiro atoms. The fourth-order valence-corrected chi connectivity index (χ4v) is 2.94. The van der Waals surface area contributed by atoms with Crippen molar-refractivity contribution in [3.63, 3.8) is 0 Å². The summed E-state index contributed by atoms with van der Waals surface area (Å²) in [5.74, 6) is 1.64. The van der Waals surface area contributed by atoms with Crippen molar-refractivity contribution >= 4 is 11.3 Å². The lowest BCUT2D eigenvalue weighted by Crippen LogP contribution is -2.15. The third-order valence-corrected chi connectivity index (χ3v) is 4.06. The smallest absolute Gasteiger partial charge is 0.162 e. The highest BCUT2D eigenvalue weighted by Gasteiger charge is 2.13. The summed E-state index contributed by atoms with van der Waals surface area (Å²) in [6.45, 7) is 5.33. The first kappa shape index (κ1) is 13.4. The molecule has 4 nitrogen and oxygen atoms in total. The lowest BCUT2D eigenvalue weighted by atomic mass is 10.1. The molecule has 1 aliphatic heterocycles. The molecule has 5 heteroatoms. The minimum Gasteiger partial charge on any atom is -0.486 e. The molecule has 0 amide bonds. The minimum atomic E-state index is 0.613. The summed E-state index contributed by atoms with van der Waals surface area (Å²) in [6.07, 6.45) is 0.975. The summed E-state index contributed by atoms with van der Waals surface area (Å²) in [5.41, 5.74) is 2.10. The van der Waals surface area contributed by atoms with Crippen molar-refractivity contribution in [2.24, 2.45) is 0 Å². The molecule has 3 rings (SSSR count). The molecular formula is C15H18N2O2S. The largest absolute Gasteiger partial charge is 0.486 e. The van der Waals surface area contributed by atoms with Crippen molar-refractivity contribution < 1.29 is 9.47 Å². The Kier molecular flexibility index (Phi) is 4.18. The normalized spacial score (nSPS) is 13.4. The number of likely N-dealkylation sites (N-methyl/N-ethyl adjacent to an activating group) is 1. The van der Waals surface area contributed by atoms with Crippen LogP contribution in [0.4, 0.5) is 0 Å². The standard InChI is InChI=1S/C15H18N2O2S/c1-2-16-6-5-15-17-12(10-20-15)11-3-4-13-14(9-11)19-8-7-18-13/h3-4,9-10,16H,2,5-8H2,1H3. The monoisotopic (exact) mass is 290 g/mol. The van der Waals surface area contributed by atoms with Gasteiger partial charge in [-0.1, -0.05) is 6.92 Å². The van der Waals surface area contributed by atoms with E-state index in [1.165, 1.54) is 0 Å². The highest BCUT2D eigenvalue weighted by Crippen LogP contribution is 2.34. The Morgan fingerprint density at radius 1 is 1.25 bits per heavy atom. The molecule has 0 radical (unpaired) electrons. The molecule has 2 aromatic rings. The number of nitrogens with zero attached hydrogens (tertiary/aromatic N) is 1. The summed E-state index contributed by atoms with van der Waals surface area (Å²) >= 11 is 1.71. The molecule has 0 aliphatic carbocycles. The molecule has 106 valence electrons. The van der Waals surface area contributed by atoms with Crippen LogP contribution in [0.5, 0.6) is 11.5 Å². The first-order chi connectivity index (χ1) is 9.86. The zero-order valence-electron chi connectivity index (χ0n) is 11.5. The van der Waals surface area contributed by atoms with Gasteiger partial charge in [-0.3, -0.25) is 0 Å². The van der Waals surface area contributed by atoms with Crippen LogP contribution in [0.15, 0.2) is 23.6 Å². The zero-order valence-corrected chi connectivity index (χ0v) is 12.3. The van der Waals surface area contributed by atoms with E-state index in [0.29, 0.717) is 13.2 Å². The average molecular weight is 290 g/mol. The van der Waals surface area contributed by atoms with Gasteiger partial charge >= 0.3 is 0 Å². The van der Waals surface area contributed by atoms with Gasteiger partial charge in [-0.05, 0) is 24.7 Å². The Bertz CT molecular complexity index is 583. The molecule has 0 fully saturated rings. The number of nitrogens with one attached hydrogen (secondary N) is 1. The van der Waals surface area contributed by atoms with Crippen LogP contribution in [0.25, 0.3) is 11.3 Å². The van der Waals surface area contributed by atoms with Gasteiger partial charge in [0.1, 0.15) is 13.2 Å². The van der Waals surface area contributed by atoms with Crippen LogP contribution in [0.3, 0.4) is 0 Å². The molecule has 2 heterocycles. The van der Waals surface area contributed by atoms with E-state index < -0.39 is 0 Å². The molecule has 1 N–H and O–H groups in total. The highest BCUT2D eigenvalue weighted by atomic mass is 32.1. The van der Waals surface area contributed by atoms with E-state index in [4.69, 9.17) is 9.47 Å². The number of thiazole rings is 1. The number of fused-ring (bicyclic) bond motifs is 1. The van der Waals surface area contributed by atoms with Crippen LogP contribution < -0.4 is 14.8 Å². The van der Waals surface area contributed by atoms with E-state index in [9.17, 15) is 0 Å². The SMILES string of the molecule is CCNCCc1nc(-c2ccc3c(c2)OCCO3)cs1. The Labute approximate surface area is 122 Å². The topological polar surface area (TPSA) is 43.4 Å². The number of hydrogen-bond donors (Lipinski definition) is 1. The Hall–Kier alpha value is -1.59. The minimum absolute atomic E-state index is 0.613. The van der Waals surface area contributed by atoms with Crippen LogP contribution in [-0.4, -0.2) is 31.3 Å². The van der Waals surface area contributed by atoms with E-state index in [-0.39, 0.29) is 0 Å². The van der Waals surface area contributed by atoms with Crippen molar-refractivity contribution in [2.45, 2.75) is 13.3 Å². The van der Waals surface area contributed by atoms with Crippen molar-refractivity contribution in [1.82, 2.24) is 10.3 Å². The second-order valence-corrected chi connectivity index (χ2v) is 5.53. The molecule has 0 unspecified atom stereocenters. The first-order valence-corrected chi connectivity index (χ1v) is 7.80. The van der Waals surface area contributed by atoms with Crippen LogP contribution in [0.1, 0.15) is 11.9 Å². The maximum atomic E-state index is 5.61. The van der Waals surface area contributed by atoms with Gasteiger partial charge in [0.25, 0.3) is 0 Å². The number of aromatic nitrogens is 1. The molecule has 20 heavy (non-hydrogen) atoms. The van der Waals surface area contributed by atoms with Gasteiger partial charge in [-0.25, -0.2) is 4.98 Å². The molecule has 1 aromatic carbocycles. The second-order valence-electron chi connectivity index (χ2n) is 4.59. The van der Waals surface area contributed by atoms with Crippen LogP contribution in [0.2, 0.25) is 0 Å². The number of hydrogen-bond acceptors (Lipinski definition) is 5. The third-order valence-electron chi connectivity index (χ3n) is 3.16. The average Bonchev–Trinajstić information content (AvgIpc) is 2.96. The van der Waals surface area contributed by atoms with Crippen molar-refractivity contribution in [3.8, 4) is 22.8 Å². The third kappa shape index (κ3) is 2.94. The predicted octanol–water partition coefficient (Wildman–Crippen LogP) is 2.73. The van der Waals surface area contributed by atoms with E-state index in [1.807, 2.05) is 18.2 Å². The number of ether oxygens (including phenoxy) is 2. The first-order valence-electron chi connectivity index (χ1n) is 6.92. The fraction of sp³-hybridized carbons (Fsp3) is 0.400. The van der Waals surface area contributed by atoms with Crippen molar-refractivity contribution in [3.05, 3.63) is 28.6 Å². The summed E-state index contributed by atoms with van der Waals surface area (Å²) in [4.78, 5) is 4.68. The molecule has 1 aromatic heterocycles. The van der Waals surface area contributed by atoms with Crippen LogP contribution in [-0.2, 0) is 6.42 Å². The molecular weight excluding hydrogens is 272 g/mol. The summed E-state index contributed by atoms with van der Waals surface area (Å²) < 4.78 is 11.1. The maximum Gasteiger partial charge on any atom is 0.162 e. The Morgan fingerprint density at radius 2 is 2.10 bits per heavy atom. The van der Waals surface area contributed by atoms with E-state index in [2.05, 4.69) is 22.6 Å². The summed E-state index contributed by atoms with van der Waals surface area (Å²) in [7, 11) is 0. The quantitative estimate of drug-likeness (QED) is 0.860. The Balaban J connectivity index is 1.75. The molecule has 0 saturated carbocycles. The van der Waals surface area contributed by atoms with Gasteiger partial charge in [0.15, 0.2) is 11.5 Å². The zero-order chi connectivity index (χ0) is 13.8. The fourth-order valence-electron chi connectivity index (χ4n) is 2.13. The maximum absolute atomic E-state index is 5.61. The van der Waals surface area contributed by atoms with Gasteiger partial charge in [-0.15, -0.1) is 11.3 Å². The van der Waals surface area contributed by atoms with Gasteiger partial charge in [0, 0.05) is 23.9 Å². The molecule has 0 saturated heterocycles. The van der Waals surface area contributed by atoms with Crippen molar-refractivity contribution in [1.29, 1.82) is 0 Å². The lowest BCUT2D eigenvalue weighted by Gasteiger charge is -2.18. The molecule has 0 atom stereocenters.